The topological polar surface area (TPSA) is 115 Å². The minimum atomic E-state index is -0.596. The Morgan fingerprint density at radius 1 is 1.11 bits per heavy atom. The van der Waals surface area contributed by atoms with E-state index in [1.165, 1.54) is 6.33 Å². The zero-order chi connectivity index (χ0) is 25.1. The van der Waals surface area contributed by atoms with Gasteiger partial charge in [0.15, 0.2) is 0 Å². The van der Waals surface area contributed by atoms with Crippen LogP contribution < -0.4 is 16.4 Å². The predicted molar refractivity (Wildman–Crippen MR) is 139 cm³/mol. The second kappa shape index (κ2) is 7.80. The van der Waals surface area contributed by atoms with E-state index < -0.39 is 5.41 Å². The quantitative estimate of drug-likeness (QED) is 0.379. The predicted octanol–water partition coefficient (Wildman–Crippen LogP) is 4.63. The van der Waals surface area contributed by atoms with Gasteiger partial charge in [-0.05, 0) is 55.7 Å². The van der Waals surface area contributed by atoms with Gasteiger partial charge in [-0.3, -0.25) is 9.59 Å². The van der Waals surface area contributed by atoms with Gasteiger partial charge in [-0.15, -0.1) is 0 Å². The van der Waals surface area contributed by atoms with Crippen LogP contribution >= 0.6 is 0 Å². The standard InChI is InChI=1S/C27H26N6O2/c1-14(2)25(34)31-17-9-6-15(7-10-17)22-20(21-23(28)29-13-30-24(21)33(22)5)16-8-11-18-19(12-16)32-26(35)27(18,3)4/h6-13H,1H2,2-5H3,(H,31,34)(H,32,35)(H2,28,29,30). The lowest BCUT2D eigenvalue weighted by molar-refractivity contribution is -0.119. The van der Waals surface area contributed by atoms with Crippen LogP contribution in [0.5, 0.6) is 0 Å². The minimum absolute atomic E-state index is 0.0296. The molecule has 2 amide bonds. The summed E-state index contributed by atoms with van der Waals surface area (Å²) in [5, 5.41) is 6.58. The van der Waals surface area contributed by atoms with Gasteiger partial charge in [0.05, 0.1) is 16.5 Å². The van der Waals surface area contributed by atoms with Crippen LogP contribution in [0, 0.1) is 0 Å². The fourth-order valence-electron chi connectivity index (χ4n) is 4.59. The number of carbonyl (C=O) groups is 2. The molecule has 0 unspecified atom stereocenters. The molecule has 35 heavy (non-hydrogen) atoms. The van der Waals surface area contributed by atoms with Crippen LogP contribution in [0.3, 0.4) is 0 Å². The number of aryl methyl sites for hydroxylation is 1. The van der Waals surface area contributed by atoms with Crippen molar-refractivity contribution in [3.05, 3.63) is 66.5 Å². The molecule has 0 saturated carbocycles. The first kappa shape index (κ1) is 22.3. The summed E-state index contributed by atoms with van der Waals surface area (Å²) in [6.07, 6.45) is 1.45. The molecule has 0 bridgehead atoms. The molecular weight excluding hydrogens is 440 g/mol. The highest BCUT2D eigenvalue weighted by atomic mass is 16.2. The molecule has 0 saturated heterocycles. The summed E-state index contributed by atoms with van der Waals surface area (Å²) < 4.78 is 1.99. The van der Waals surface area contributed by atoms with Crippen molar-refractivity contribution in [3.63, 3.8) is 0 Å². The van der Waals surface area contributed by atoms with Crippen molar-refractivity contribution in [2.45, 2.75) is 26.2 Å². The number of fused-ring (bicyclic) bond motifs is 2. The van der Waals surface area contributed by atoms with Crippen LogP contribution in [0.15, 0.2) is 60.9 Å². The third-order valence-electron chi connectivity index (χ3n) is 6.60. The second-order valence-electron chi connectivity index (χ2n) is 9.39. The Bertz CT molecular complexity index is 1550. The molecule has 8 nitrogen and oxygen atoms in total. The average molecular weight is 467 g/mol. The molecule has 1 aliphatic rings. The van der Waals surface area contributed by atoms with Crippen molar-refractivity contribution in [1.29, 1.82) is 0 Å². The van der Waals surface area contributed by atoms with Crippen LogP contribution in [0.4, 0.5) is 17.2 Å². The van der Waals surface area contributed by atoms with Crippen molar-refractivity contribution >= 4 is 40.0 Å². The molecule has 1 aliphatic heterocycles. The number of benzene rings is 2. The van der Waals surface area contributed by atoms with Crippen molar-refractivity contribution in [1.82, 2.24) is 14.5 Å². The molecule has 2 aromatic carbocycles. The Morgan fingerprint density at radius 3 is 2.49 bits per heavy atom. The van der Waals surface area contributed by atoms with Gasteiger partial charge in [0.2, 0.25) is 5.91 Å². The summed E-state index contributed by atoms with van der Waals surface area (Å²) in [7, 11) is 1.93. The molecule has 4 aromatic rings. The number of nitrogens with one attached hydrogen (secondary N) is 2. The van der Waals surface area contributed by atoms with Crippen molar-refractivity contribution < 1.29 is 9.59 Å². The number of rotatable bonds is 4. The van der Waals surface area contributed by atoms with E-state index in [9.17, 15) is 9.59 Å². The van der Waals surface area contributed by atoms with Gasteiger partial charge in [0.1, 0.15) is 17.8 Å². The maximum absolute atomic E-state index is 12.5. The number of hydrogen-bond acceptors (Lipinski definition) is 5. The Hall–Kier alpha value is -4.46. The van der Waals surface area contributed by atoms with E-state index in [4.69, 9.17) is 5.73 Å². The van der Waals surface area contributed by atoms with Gasteiger partial charge in [-0.25, -0.2) is 9.97 Å². The van der Waals surface area contributed by atoms with Gasteiger partial charge in [-0.2, -0.15) is 0 Å². The van der Waals surface area contributed by atoms with E-state index in [1.54, 1.807) is 6.92 Å². The molecule has 0 radical (unpaired) electrons. The van der Waals surface area contributed by atoms with Gasteiger partial charge in [-0.1, -0.05) is 30.8 Å². The summed E-state index contributed by atoms with van der Waals surface area (Å²) in [5.74, 6) is 0.120. The zero-order valence-electron chi connectivity index (χ0n) is 20.1. The van der Waals surface area contributed by atoms with Crippen LogP contribution in [-0.2, 0) is 22.1 Å². The van der Waals surface area contributed by atoms with Crippen molar-refractivity contribution in [2.24, 2.45) is 7.05 Å². The molecule has 4 N–H and O–H groups in total. The molecule has 3 heterocycles. The highest BCUT2D eigenvalue weighted by Crippen LogP contribution is 2.45. The molecule has 8 heteroatoms. The van der Waals surface area contributed by atoms with Crippen LogP contribution in [0.2, 0.25) is 0 Å². The lowest BCUT2D eigenvalue weighted by Gasteiger charge is -2.15. The number of amides is 2. The number of nitrogens with two attached hydrogens (primary N) is 1. The highest BCUT2D eigenvalue weighted by Gasteiger charge is 2.38. The summed E-state index contributed by atoms with van der Waals surface area (Å²) in [5.41, 5.74) is 12.9. The molecule has 0 aliphatic carbocycles. The van der Waals surface area contributed by atoms with Crippen molar-refractivity contribution in [2.75, 3.05) is 16.4 Å². The van der Waals surface area contributed by atoms with Crippen LogP contribution in [0.1, 0.15) is 26.3 Å². The maximum atomic E-state index is 12.5. The van der Waals surface area contributed by atoms with E-state index in [0.29, 0.717) is 22.7 Å². The minimum Gasteiger partial charge on any atom is -0.383 e. The first-order valence-corrected chi connectivity index (χ1v) is 11.2. The summed E-state index contributed by atoms with van der Waals surface area (Å²) in [6.45, 7) is 9.17. The smallest absolute Gasteiger partial charge is 0.250 e. The van der Waals surface area contributed by atoms with Crippen LogP contribution in [-0.4, -0.2) is 26.3 Å². The largest absolute Gasteiger partial charge is 0.383 e. The molecular formula is C27H26N6O2. The normalized spacial score (nSPS) is 14.0. The Morgan fingerprint density at radius 2 is 1.80 bits per heavy atom. The third-order valence-corrected chi connectivity index (χ3v) is 6.60. The SMILES string of the molecule is C=C(C)C(=O)Nc1ccc(-c2c(-c3ccc4c(c3)NC(=O)C4(C)C)c3c(N)ncnc3n2C)cc1. The maximum Gasteiger partial charge on any atom is 0.250 e. The lowest BCUT2D eigenvalue weighted by atomic mass is 9.85. The zero-order valence-corrected chi connectivity index (χ0v) is 20.1. The number of aromatic nitrogens is 3. The van der Waals surface area contributed by atoms with E-state index >= 15 is 0 Å². The number of anilines is 3. The van der Waals surface area contributed by atoms with Gasteiger partial charge >= 0.3 is 0 Å². The lowest BCUT2D eigenvalue weighted by Crippen LogP contribution is -2.26. The van der Waals surface area contributed by atoms with Gasteiger partial charge in [0, 0.05) is 29.6 Å². The number of carbonyl (C=O) groups excluding carboxylic acids is 2. The summed E-state index contributed by atoms with van der Waals surface area (Å²) >= 11 is 0. The second-order valence-corrected chi connectivity index (χ2v) is 9.39. The molecule has 176 valence electrons. The fourth-order valence-corrected chi connectivity index (χ4v) is 4.59. The van der Waals surface area contributed by atoms with E-state index in [1.807, 2.05) is 67.9 Å². The van der Waals surface area contributed by atoms with Gasteiger partial charge < -0.3 is 20.9 Å². The Labute approximate surface area is 202 Å². The van der Waals surface area contributed by atoms with E-state index in [-0.39, 0.29) is 11.8 Å². The first-order valence-electron chi connectivity index (χ1n) is 11.2. The monoisotopic (exact) mass is 466 g/mol. The Kier molecular flexibility index (Phi) is 4.98. The number of hydrogen-bond donors (Lipinski definition) is 3. The fraction of sp³-hybridized carbons (Fsp3) is 0.185. The summed E-state index contributed by atoms with van der Waals surface area (Å²) in [6, 6.07) is 13.5. The summed E-state index contributed by atoms with van der Waals surface area (Å²) in [4.78, 5) is 33.3. The first-order chi connectivity index (χ1) is 16.6. The molecule has 0 fully saturated rings. The van der Waals surface area contributed by atoms with E-state index in [0.717, 1.165) is 39.0 Å². The highest BCUT2D eigenvalue weighted by molar-refractivity contribution is 6.10. The van der Waals surface area contributed by atoms with E-state index in [2.05, 4.69) is 27.2 Å². The van der Waals surface area contributed by atoms with Crippen molar-refractivity contribution in [3.8, 4) is 22.4 Å². The Balaban J connectivity index is 1.70. The molecule has 5 rings (SSSR count). The molecule has 0 spiro atoms. The number of nitrogens with zero attached hydrogens (tertiary/aromatic N) is 3. The average Bonchev–Trinajstić information content (AvgIpc) is 3.24. The number of nitrogen functional groups attached to an aromatic ring is 1. The van der Waals surface area contributed by atoms with Crippen LogP contribution in [0.25, 0.3) is 33.4 Å². The molecule has 2 aromatic heterocycles. The third kappa shape index (κ3) is 3.45. The molecule has 0 atom stereocenters. The van der Waals surface area contributed by atoms with Gasteiger partial charge in [0.25, 0.3) is 5.91 Å².